The van der Waals surface area contributed by atoms with Gasteiger partial charge in [-0.3, -0.25) is 4.79 Å². The van der Waals surface area contributed by atoms with Crippen molar-refractivity contribution in [3.63, 3.8) is 0 Å². The van der Waals surface area contributed by atoms with Gasteiger partial charge in [-0.25, -0.2) is 0 Å². The Balaban J connectivity index is 2.54. The summed E-state index contributed by atoms with van der Waals surface area (Å²) in [7, 11) is 0. The number of hydrogen-bond acceptors (Lipinski definition) is 2. The molecule has 0 aliphatic heterocycles. The zero-order valence-corrected chi connectivity index (χ0v) is 11.0. The number of benzene rings is 1. The number of ether oxygens (including phenoxy) is 1. The maximum Gasteiger partial charge on any atom is 0.224 e. The van der Waals surface area contributed by atoms with E-state index in [1.807, 2.05) is 52.0 Å². The minimum Gasteiger partial charge on any atom is -0.494 e. The highest BCUT2D eigenvalue weighted by atomic mass is 16.5. The molecule has 0 spiro atoms. The Morgan fingerprint density at radius 2 is 1.82 bits per heavy atom. The molecule has 1 N–H and O–H groups in total. The van der Waals surface area contributed by atoms with E-state index < -0.39 is 0 Å². The molecule has 0 aliphatic carbocycles. The largest absolute Gasteiger partial charge is 0.494 e. The summed E-state index contributed by atoms with van der Waals surface area (Å²) in [5.41, 5.74) is 0.817. The van der Waals surface area contributed by atoms with Gasteiger partial charge in [-0.2, -0.15) is 0 Å². The van der Waals surface area contributed by atoms with E-state index in [1.165, 1.54) is 0 Å². The van der Waals surface area contributed by atoms with E-state index in [4.69, 9.17) is 4.74 Å². The Morgan fingerprint density at radius 1 is 1.24 bits per heavy atom. The molecule has 0 unspecified atom stereocenters. The van der Waals surface area contributed by atoms with Gasteiger partial charge in [0.2, 0.25) is 5.91 Å². The zero-order valence-electron chi connectivity index (χ0n) is 11.0. The van der Waals surface area contributed by atoms with Gasteiger partial charge in [-0.1, -0.05) is 20.8 Å². The van der Waals surface area contributed by atoms with Crippen LogP contribution in [0.2, 0.25) is 0 Å². The second kappa shape index (κ2) is 5.71. The fourth-order valence-electron chi connectivity index (χ4n) is 1.49. The molecule has 1 aromatic carbocycles. The molecule has 0 aromatic heterocycles. The first-order valence-corrected chi connectivity index (χ1v) is 5.93. The minimum absolute atomic E-state index is 0.00927. The normalized spacial score (nSPS) is 11.1. The summed E-state index contributed by atoms with van der Waals surface area (Å²) < 4.78 is 5.33. The topological polar surface area (TPSA) is 38.3 Å². The highest BCUT2D eigenvalue weighted by molar-refractivity contribution is 5.91. The lowest BCUT2D eigenvalue weighted by molar-refractivity contribution is -0.117. The fraction of sp³-hybridized carbons (Fsp3) is 0.500. The van der Waals surface area contributed by atoms with Crippen LogP contribution in [-0.2, 0) is 4.79 Å². The second-order valence-corrected chi connectivity index (χ2v) is 5.24. The van der Waals surface area contributed by atoms with E-state index in [0.717, 1.165) is 11.4 Å². The zero-order chi connectivity index (χ0) is 12.9. The first-order valence-electron chi connectivity index (χ1n) is 5.93. The Labute approximate surface area is 103 Å². The van der Waals surface area contributed by atoms with Gasteiger partial charge >= 0.3 is 0 Å². The highest BCUT2D eigenvalue weighted by Crippen LogP contribution is 2.20. The van der Waals surface area contributed by atoms with Crippen molar-refractivity contribution in [3.05, 3.63) is 24.3 Å². The predicted octanol–water partition coefficient (Wildman–Crippen LogP) is 3.46. The molecule has 0 atom stereocenters. The van der Waals surface area contributed by atoms with E-state index in [-0.39, 0.29) is 11.3 Å². The van der Waals surface area contributed by atoms with Crippen molar-refractivity contribution < 1.29 is 9.53 Å². The van der Waals surface area contributed by atoms with Crippen LogP contribution in [0, 0.1) is 5.41 Å². The molecule has 1 amide bonds. The Morgan fingerprint density at radius 3 is 2.29 bits per heavy atom. The van der Waals surface area contributed by atoms with Gasteiger partial charge in [0.05, 0.1) is 6.61 Å². The maximum absolute atomic E-state index is 11.7. The summed E-state index contributed by atoms with van der Waals surface area (Å²) in [5, 5.41) is 2.87. The lowest BCUT2D eigenvalue weighted by atomic mass is 9.92. The molecular weight excluding hydrogens is 214 g/mol. The standard InChI is InChI=1S/C14H21NO2/c1-5-17-12-8-6-11(7-9-12)15-13(16)10-14(2,3)4/h6-9H,5,10H2,1-4H3,(H,15,16). The number of rotatable bonds is 4. The Hall–Kier alpha value is -1.51. The third kappa shape index (κ3) is 5.38. The third-order valence-corrected chi connectivity index (χ3v) is 2.14. The van der Waals surface area contributed by atoms with Gasteiger partial charge in [0.1, 0.15) is 5.75 Å². The summed E-state index contributed by atoms with van der Waals surface area (Å²) >= 11 is 0. The second-order valence-electron chi connectivity index (χ2n) is 5.24. The quantitative estimate of drug-likeness (QED) is 0.868. The molecule has 94 valence electrons. The van der Waals surface area contributed by atoms with Gasteiger partial charge in [0.25, 0.3) is 0 Å². The monoisotopic (exact) mass is 235 g/mol. The number of hydrogen-bond donors (Lipinski definition) is 1. The van der Waals surface area contributed by atoms with Crippen LogP contribution in [0.3, 0.4) is 0 Å². The molecule has 0 fully saturated rings. The van der Waals surface area contributed by atoms with Crippen LogP contribution in [0.4, 0.5) is 5.69 Å². The molecule has 0 aliphatic rings. The van der Waals surface area contributed by atoms with Gasteiger partial charge in [0.15, 0.2) is 0 Å². The molecular formula is C14H21NO2. The summed E-state index contributed by atoms with van der Waals surface area (Å²) in [5.74, 6) is 0.864. The van der Waals surface area contributed by atoms with Crippen LogP contribution >= 0.6 is 0 Å². The lowest BCUT2D eigenvalue weighted by Crippen LogP contribution is -2.19. The van der Waals surface area contributed by atoms with Crippen LogP contribution in [0.25, 0.3) is 0 Å². The van der Waals surface area contributed by atoms with E-state index in [2.05, 4.69) is 5.32 Å². The van der Waals surface area contributed by atoms with E-state index >= 15 is 0 Å². The van der Waals surface area contributed by atoms with Gasteiger partial charge in [0, 0.05) is 12.1 Å². The number of carbonyl (C=O) groups excluding carboxylic acids is 1. The molecule has 0 saturated carbocycles. The van der Waals surface area contributed by atoms with Gasteiger partial charge in [-0.15, -0.1) is 0 Å². The molecule has 1 aromatic rings. The average molecular weight is 235 g/mol. The van der Waals surface area contributed by atoms with Crippen molar-refractivity contribution in [2.75, 3.05) is 11.9 Å². The van der Waals surface area contributed by atoms with Gasteiger partial charge < -0.3 is 10.1 Å². The van der Waals surface area contributed by atoms with Crippen molar-refractivity contribution in [3.8, 4) is 5.75 Å². The summed E-state index contributed by atoms with van der Waals surface area (Å²) in [6, 6.07) is 7.42. The molecule has 0 bridgehead atoms. The SMILES string of the molecule is CCOc1ccc(NC(=O)CC(C)(C)C)cc1. The molecule has 0 saturated heterocycles. The number of amides is 1. The molecule has 3 heteroatoms. The van der Waals surface area contributed by atoms with Crippen molar-refractivity contribution in [2.24, 2.45) is 5.41 Å². The maximum atomic E-state index is 11.7. The molecule has 1 rings (SSSR count). The number of carbonyl (C=O) groups is 1. The Bertz CT molecular complexity index is 363. The first kappa shape index (κ1) is 13.6. The fourth-order valence-corrected chi connectivity index (χ4v) is 1.49. The molecule has 0 heterocycles. The number of anilines is 1. The molecule has 0 radical (unpaired) electrons. The van der Waals surface area contributed by atoms with E-state index in [0.29, 0.717) is 13.0 Å². The van der Waals surface area contributed by atoms with Crippen LogP contribution < -0.4 is 10.1 Å². The van der Waals surface area contributed by atoms with Crippen molar-refractivity contribution >= 4 is 11.6 Å². The summed E-state index contributed by atoms with van der Waals surface area (Å²) in [6.07, 6.45) is 0.514. The Kier molecular flexibility index (Phi) is 4.55. The highest BCUT2D eigenvalue weighted by Gasteiger charge is 2.15. The molecule has 3 nitrogen and oxygen atoms in total. The summed E-state index contributed by atoms with van der Waals surface area (Å²) in [6.45, 7) is 8.73. The number of nitrogens with one attached hydrogen (secondary N) is 1. The van der Waals surface area contributed by atoms with Crippen LogP contribution in [0.1, 0.15) is 34.1 Å². The predicted molar refractivity (Wildman–Crippen MR) is 70.3 cm³/mol. The lowest BCUT2D eigenvalue weighted by Gasteiger charge is -2.17. The summed E-state index contributed by atoms with van der Waals surface area (Å²) in [4.78, 5) is 11.7. The smallest absolute Gasteiger partial charge is 0.224 e. The third-order valence-electron chi connectivity index (χ3n) is 2.14. The average Bonchev–Trinajstić information content (AvgIpc) is 2.18. The van der Waals surface area contributed by atoms with E-state index in [9.17, 15) is 4.79 Å². The minimum atomic E-state index is 0.00927. The van der Waals surface area contributed by atoms with Crippen molar-refractivity contribution in [1.29, 1.82) is 0 Å². The molecule has 17 heavy (non-hydrogen) atoms. The first-order chi connectivity index (χ1) is 7.90. The van der Waals surface area contributed by atoms with Crippen LogP contribution in [-0.4, -0.2) is 12.5 Å². The van der Waals surface area contributed by atoms with Crippen molar-refractivity contribution in [2.45, 2.75) is 34.1 Å². The van der Waals surface area contributed by atoms with E-state index in [1.54, 1.807) is 0 Å². The van der Waals surface area contributed by atoms with Gasteiger partial charge in [-0.05, 0) is 36.6 Å². The van der Waals surface area contributed by atoms with Crippen molar-refractivity contribution in [1.82, 2.24) is 0 Å². The van der Waals surface area contributed by atoms with Crippen LogP contribution in [0.5, 0.6) is 5.75 Å². The van der Waals surface area contributed by atoms with Crippen LogP contribution in [0.15, 0.2) is 24.3 Å².